The quantitative estimate of drug-likeness (QED) is 0.434. The number of hydrogen-bond donors (Lipinski definition) is 0. The van der Waals surface area contributed by atoms with E-state index in [-0.39, 0.29) is 0 Å². The summed E-state index contributed by atoms with van der Waals surface area (Å²) < 4.78 is 16.0. The lowest BCUT2D eigenvalue weighted by Crippen LogP contribution is -2.11. The third-order valence-electron chi connectivity index (χ3n) is 3.31. The number of aldehydes is 1. The lowest BCUT2D eigenvalue weighted by atomic mass is 10.1. The van der Waals surface area contributed by atoms with Crippen LogP contribution in [0.1, 0.15) is 26.3 Å². The van der Waals surface area contributed by atoms with Crippen molar-refractivity contribution >= 4 is 24.0 Å². The van der Waals surface area contributed by atoms with E-state index in [4.69, 9.17) is 14.2 Å². The fourth-order valence-corrected chi connectivity index (χ4v) is 2.71. The summed E-state index contributed by atoms with van der Waals surface area (Å²) in [4.78, 5) is 23.5. The SMILES string of the molecule is COc1cccc(C(=O)Oc2c(CSC)cc(C=O)cc2OC)c1. The Morgan fingerprint density at radius 3 is 2.58 bits per heavy atom. The number of carbonyl (C=O) groups is 2. The number of carbonyl (C=O) groups excluding carboxylic acids is 2. The van der Waals surface area contributed by atoms with Crippen molar-refractivity contribution in [2.45, 2.75) is 5.75 Å². The van der Waals surface area contributed by atoms with Gasteiger partial charge in [0.15, 0.2) is 11.5 Å². The summed E-state index contributed by atoms with van der Waals surface area (Å²) in [7, 11) is 3.00. The average Bonchev–Trinajstić information content (AvgIpc) is 2.62. The van der Waals surface area contributed by atoms with Crippen LogP contribution in [0.5, 0.6) is 17.2 Å². The van der Waals surface area contributed by atoms with Gasteiger partial charge < -0.3 is 14.2 Å². The second-order valence-corrected chi connectivity index (χ2v) is 5.75. The molecule has 0 atom stereocenters. The molecule has 0 aliphatic carbocycles. The Labute approximate surface area is 144 Å². The van der Waals surface area contributed by atoms with E-state index in [9.17, 15) is 9.59 Å². The van der Waals surface area contributed by atoms with Crippen molar-refractivity contribution < 1.29 is 23.8 Å². The molecule has 5 nitrogen and oxygen atoms in total. The van der Waals surface area contributed by atoms with E-state index in [0.29, 0.717) is 34.1 Å². The van der Waals surface area contributed by atoms with Crippen molar-refractivity contribution in [1.82, 2.24) is 0 Å². The summed E-state index contributed by atoms with van der Waals surface area (Å²) in [6, 6.07) is 9.94. The van der Waals surface area contributed by atoms with Crippen LogP contribution < -0.4 is 14.2 Å². The van der Waals surface area contributed by atoms with Gasteiger partial charge in [0.1, 0.15) is 12.0 Å². The zero-order valence-electron chi connectivity index (χ0n) is 13.7. The van der Waals surface area contributed by atoms with Crippen LogP contribution in [-0.2, 0) is 5.75 Å². The van der Waals surface area contributed by atoms with Crippen molar-refractivity contribution in [3.05, 3.63) is 53.1 Å². The molecule has 0 N–H and O–H groups in total. The molecule has 0 fully saturated rings. The zero-order chi connectivity index (χ0) is 17.5. The Morgan fingerprint density at radius 1 is 1.17 bits per heavy atom. The van der Waals surface area contributed by atoms with E-state index in [0.717, 1.165) is 11.8 Å². The number of rotatable bonds is 7. The average molecular weight is 346 g/mol. The van der Waals surface area contributed by atoms with Crippen molar-refractivity contribution in [2.75, 3.05) is 20.5 Å². The molecule has 2 aromatic rings. The highest BCUT2D eigenvalue weighted by Crippen LogP contribution is 2.35. The van der Waals surface area contributed by atoms with Crippen LogP contribution >= 0.6 is 11.8 Å². The Hall–Kier alpha value is -2.47. The van der Waals surface area contributed by atoms with Crippen LogP contribution in [0.25, 0.3) is 0 Å². The number of hydrogen-bond acceptors (Lipinski definition) is 6. The Kier molecular flexibility index (Phi) is 6.26. The van der Waals surface area contributed by atoms with Gasteiger partial charge in [-0.2, -0.15) is 11.8 Å². The lowest BCUT2D eigenvalue weighted by molar-refractivity contribution is 0.0728. The number of methoxy groups -OCH3 is 2. The lowest BCUT2D eigenvalue weighted by Gasteiger charge is -2.14. The highest BCUT2D eigenvalue weighted by atomic mass is 32.2. The van der Waals surface area contributed by atoms with Crippen LogP contribution in [0, 0.1) is 0 Å². The molecule has 0 amide bonds. The topological polar surface area (TPSA) is 61.8 Å². The van der Waals surface area contributed by atoms with Gasteiger partial charge in [-0.25, -0.2) is 4.79 Å². The largest absolute Gasteiger partial charge is 0.497 e. The minimum absolute atomic E-state index is 0.324. The van der Waals surface area contributed by atoms with Crippen LogP contribution in [0.2, 0.25) is 0 Å². The van der Waals surface area contributed by atoms with E-state index in [1.165, 1.54) is 14.2 Å². The highest BCUT2D eigenvalue weighted by Gasteiger charge is 2.18. The van der Waals surface area contributed by atoms with Gasteiger partial charge in [-0.3, -0.25) is 4.79 Å². The second-order valence-electron chi connectivity index (χ2n) is 4.88. The summed E-state index contributed by atoms with van der Waals surface area (Å²) in [5, 5.41) is 0. The summed E-state index contributed by atoms with van der Waals surface area (Å²) in [5.41, 5.74) is 1.56. The fourth-order valence-electron chi connectivity index (χ4n) is 2.18. The maximum absolute atomic E-state index is 12.5. The van der Waals surface area contributed by atoms with Crippen molar-refractivity contribution in [3.8, 4) is 17.2 Å². The van der Waals surface area contributed by atoms with Gasteiger partial charge >= 0.3 is 5.97 Å². The van der Waals surface area contributed by atoms with Crippen LogP contribution in [0.3, 0.4) is 0 Å². The molecule has 0 heterocycles. The molecule has 126 valence electrons. The van der Waals surface area contributed by atoms with Gasteiger partial charge in [0.05, 0.1) is 19.8 Å². The van der Waals surface area contributed by atoms with E-state index < -0.39 is 5.97 Å². The molecular weight excluding hydrogens is 328 g/mol. The highest BCUT2D eigenvalue weighted by molar-refractivity contribution is 7.97. The standard InChI is InChI=1S/C18H18O5S/c1-21-15-6-4-5-13(9-15)18(20)23-17-14(11-24-3)7-12(10-19)8-16(17)22-2/h4-10H,11H2,1-3H3. The van der Waals surface area contributed by atoms with Crippen LogP contribution in [-0.4, -0.2) is 32.7 Å². The van der Waals surface area contributed by atoms with E-state index in [1.807, 2.05) is 6.26 Å². The Bertz CT molecular complexity index is 742. The molecule has 24 heavy (non-hydrogen) atoms. The van der Waals surface area contributed by atoms with Gasteiger partial charge in [-0.15, -0.1) is 0 Å². The first-order valence-electron chi connectivity index (χ1n) is 7.14. The van der Waals surface area contributed by atoms with Crippen molar-refractivity contribution in [1.29, 1.82) is 0 Å². The van der Waals surface area contributed by atoms with Crippen LogP contribution in [0.15, 0.2) is 36.4 Å². The van der Waals surface area contributed by atoms with Gasteiger partial charge in [-0.1, -0.05) is 6.07 Å². The molecular formula is C18H18O5S. The molecule has 0 saturated carbocycles. The molecule has 2 aromatic carbocycles. The molecule has 0 radical (unpaired) electrons. The minimum Gasteiger partial charge on any atom is -0.497 e. The zero-order valence-corrected chi connectivity index (χ0v) is 14.5. The maximum Gasteiger partial charge on any atom is 0.343 e. The van der Waals surface area contributed by atoms with Gasteiger partial charge in [0.25, 0.3) is 0 Å². The van der Waals surface area contributed by atoms with Crippen molar-refractivity contribution in [3.63, 3.8) is 0 Å². The molecule has 0 aliphatic rings. The van der Waals surface area contributed by atoms with E-state index in [1.54, 1.807) is 48.2 Å². The normalized spacial score (nSPS) is 10.1. The molecule has 0 aliphatic heterocycles. The predicted molar refractivity (Wildman–Crippen MR) is 93.6 cm³/mol. The first-order valence-corrected chi connectivity index (χ1v) is 8.53. The summed E-state index contributed by atoms with van der Waals surface area (Å²) >= 11 is 1.55. The predicted octanol–water partition coefficient (Wildman–Crippen LogP) is 3.60. The smallest absolute Gasteiger partial charge is 0.343 e. The number of ether oxygens (including phenoxy) is 3. The summed E-state index contributed by atoms with van der Waals surface area (Å²) in [5.74, 6) is 1.30. The molecule has 6 heteroatoms. The Morgan fingerprint density at radius 2 is 1.96 bits per heavy atom. The monoisotopic (exact) mass is 346 g/mol. The molecule has 0 aromatic heterocycles. The first-order chi connectivity index (χ1) is 11.6. The minimum atomic E-state index is -0.520. The van der Waals surface area contributed by atoms with Gasteiger partial charge in [0.2, 0.25) is 0 Å². The molecule has 0 spiro atoms. The van der Waals surface area contributed by atoms with E-state index >= 15 is 0 Å². The number of esters is 1. The second kappa shape index (κ2) is 8.40. The molecule has 0 saturated heterocycles. The molecule has 0 unspecified atom stereocenters. The summed E-state index contributed by atoms with van der Waals surface area (Å²) in [6.07, 6.45) is 2.66. The van der Waals surface area contributed by atoms with Crippen LogP contribution in [0.4, 0.5) is 0 Å². The summed E-state index contributed by atoms with van der Waals surface area (Å²) in [6.45, 7) is 0. The van der Waals surface area contributed by atoms with Gasteiger partial charge in [-0.05, 0) is 36.6 Å². The number of thioether (sulfide) groups is 1. The molecule has 2 rings (SSSR count). The first kappa shape index (κ1) is 17.9. The molecule has 0 bridgehead atoms. The van der Waals surface area contributed by atoms with Crippen molar-refractivity contribution in [2.24, 2.45) is 0 Å². The maximum atomic E-state index is 12.5. The van der Waals surface area contributed by atoms with Gasteiger partial charge in [0, 0.05) is 16.9 Å². The van der Waals surface area contributed by atoms with E-state index in [2.05, 4.69) is 0 Å². The fraction of sp³-hybridized carbons (Fsp3) is 0.222. The Balaban J connectivity index is 2.39. The third-order valence-corrected chi connectivity index (χ3v) is 3.91. The third kappa shape index (κ3) is 4.08. The number of benzene rings is 2.